The van der Waals surface area contributed by atoms with Crippen LogP contribution in [0.15, 0.2) is 41.8 Å². The van der Waals surface area contributed by atoms with Gasteiger partial charge in [-0.05, 0) is 48.8 Å². The van der Waals surface area contributed by atoms with Crippen LogP contribution in [0.1, 0.15) is 33.6 Å². The molecule has 2 heterocycles. The van der Waals surface area contributed by atoms with Crippen LogP contribution in [-0.2, 0) is 6.42 Å². The summed E-state index contributed by atoms with van der Waals surface area (Å²) in [5.74, 6) is 0.212. The number of hydrogen-bond donors (Lipinski definition) is 0. The molecule has 4 heteroatoms. The van der Waals surface area contributed by atoms with Crippen LogP contribution in [0.4, 0.5) is 0 Å². The van der Waals surface area contributed by atoms with E-state index in [4.69, 9.17) is 0 Å². The first-order valence-electron chi connectivity index (χ1n) is 8.85. The van der Waals surface area contributed by atoms with E-state index in [1.807, 2.05) is 6.07 Å². The van der Waals surface area contributed by atoms with E-state index < -0.39 is 0 Å². The molecule has 1 aromatic heterocycles. The van der Waals surface area contributed by atoms with E-state index in [1.165, 1.54) is 24.0 Å². The molecule has 1 amide bonds. The smallest absolute Gasteiger partial charge is 0.264 e. The van der Waals surface area contributed by atoms with Crippen molar-refractivity contribution in [2.24, 2.45) is 0 Å². The predicted octanol–water partition coefficient (Wildman–Crippen LogP) is 3.59. The zero-order valence-electron chi connectivity index (χ0n) is 14.1. The maximum absolute atomic E-state index is 13.0. The largest absolute Gasteiger partial charge is 0.332 e. The summed E-state index contributed by atoms with van der Waals surface area (Å²) in [7, 11) is 0. The zero-order chi connectivity index (χ0) is 16.5. The van der Waals surface area contributed by atoms with Crippen molar-refractivity contribution < 1.29 is 4.79 Å². The van der Waals surface area contributed by atoms with E-state index in [1.54, 1.807) is 11.3 Å². The lowest BCUT2D eigenvalue weighted by Crippen LogP contribution is -2.56. The van der Waals surface area contributed by atoms with Crippen molar-refractivity contribution in [1.82, 2.24) is 9.80 Å². The normalized spacial score (nSPS) is 21.9. The summed E-state index contributed by atoms with van der Waals surface area (Å²) in [6.07, 6.45) is 3.60. The minimum atomic E-state index is 0.212. The first-order chi connectivity index (χ1) is 11.7. The molecular weight excluding hydrogens is 316 g/mol. The average Bonchev–Trinajstić information content (AvgIpc) is 3.36. The highest BCUT2D eigenvalue weighted by Gasteiger charge is 2.37. The standard InChI is InChI=1S/C20H24N2OS/c1-15-11-19(24-14-15)20(23)22-10-9-21(17-7-8-17)13-18(22)12-16-5-3-2-4-6-16/h2-6,11,14,17-18H,7-10,12-13H2,1H3. The lowest BCUT2D eigenvalue weighted by molar-refractivity contribution is 0.0441. The second-order valence-electron chi connectivity index (χ2n) is 7.06. The number of piperazine rings is 1. The third-order valence-corrected chi connectivity index (χ3v) is 6.13. The van der Waals surface area contributed by atoms with E-state index in [9.17, 15) is 4.79 Å². The maximum atomic E-state index is 13.0. The highest BCUT2D eigenvalue weighted by Crippen LogP contribution is 2.30. The number of carbonyl (C=O) groups is 1. The number of hydrogen-bond acceptors (Lipinski definition) is 3. The molecular formula is C20H24N2OS. The Morgan fingerprint density at radius 1 is 1.21 bits per heavy atom. The molecule has 4 rings (SSSR count). The molecule has 0 bridgehead atoms. The van der Waals surface area contributed by atoms with Gasteiger partial charge in [-0.25, -0.2) is 0 Å². The minimum Gasteiger partial charge on any atom is -0.332 e. The Morgan fingerprint density at radius 2 is 2.00 bits per heavy atom. The fourth-order valence-electron chi connectivity index (χ4n) is 3.66. The Bertz CT molecular complexity index is 707. The lowest BCUT2D eigenvalue weighted by Gasteiger charge is -2.41. The van der Waals surface area contributed by atoms with Gasteiger partial charge >= 0.3 is 0 Å². The van der Waals surface area contributed by atoms with Crippen molar-refractivity contribution in [2.45, 2.75) is 38.3 Å². The Labute approximate surface area is 147 Å². The lowest BCUT2D eigenvalue weighted by atomic mass is 10.0. The third kappa shape index (κ3) is 3.40. The molecule has 0 N–H and O–H groups in total. The Kier molecular flexibility index (Phi) is 4.42. The molecule has 1 atom stereocenters. The minimum absolute atomic E-state index is 0.212. The van der Waals surface area contributed by atoms with E-state index >= 15 is 0 Å². The summed E-state index contributed by atoms with van der Waals surface area (Å²) >= 11 is 1.57. The zero-order valence-corrected chi connectivity index (χ0v) is 15.0. The Morgan fingerprint density at radius 3 is 2.67 bits per heavy atom. The molecule has 0 spiro atoms. The molecule has 126 valence electrons. The number of benzene rings is 1. The summed E-state index contributed by atoms with van der Waals surface area (Å²) in [4.78, 5) is 18.6. The van der Waals surface area contributed by atoms with E-state index in [2.05, 4.69) is 52.4 Å². The topological polar surface area (TPSA) is 23.6 Å². The summed E-state index contributed by atoms with van der Waals surface area (Å²) in [6, 6.07) is 13.7. The van der Waals surface area contributed by atoms with Gasteiger partial charge in [0.05, 0.1) is 4.88 Å². The quantitative estimate of drug-likeness (QED) is 0.849. The van der Waals surface area contributed by atoms with Gasteiger partial charge in [-0.2, -0.15) is 0 Å². The summed E-state index contributed by atoms with van der Waals surface area (Å²) in [5.41, 5.74) is 2.50. The predicted molar refractivity (Wildman–Crippen MR) is 98.6 cm³/mol. The van der Waals surface area contributed by atoms with E-state index in [-0.39, 0.29) is 11.9 Å². The van der Waals surface area contributed by atoms with Crippen molar-refractivity contribution in [1.29, 1.82) is 0 Å². The van der Waals surface area contributed by atoms with E-state index in [0.29, 0.717) is 0 Å². The molecule has 2 aliphatic rings. The van der Waals surface area contributed by atoms with Gasteiger partial charge in [-0.3, -0.25) is 9.69 Å². The Hall–Kier alpha value is -1.65. The summed E-state index contributed by atoms with van der Waals surface area (Å²) in [5, 5.41) is 2.07. The second kappa shape index (κ2) is 6.69. The van der Waals surface area contributed by atoms with Gasteiger partial charge in [0.25, 0.3) is 5.91 Å². The molecule has 1 aromatic carbocycles. The molecule has 24 heavy (non-hydrogen) atoms. The highest BCUT2D eigenvalue weighted by molar-refractivity contribution is 7.12. The van der Waals surface area contributed by atoms with Crippen molar-refractivity contribution in [2.75, 3.05) is 19.6 Å². The monoisotopic (exact) mass is 340 g/mol. The molecule has 2 aromatic rings. The van der Waals surface area contributed by atoms with Crippen molar-refractivity contribution in [3.8, 4) is 0 Å². The third-order valence-electron chi connectivity index (χ3n) is 5.09. The van der Waals surface area contributed by atoms with Gasteiger partial charge in [0, 0.05) is 31.7 Å². The van der Waals surface area contributed by atoms with Gasteiger partial charge in [0.15, 0.2) is 0 Å². The van der Waals surface area contributed by atoms with Gasteiger partial charge in [-0.15, -0.1) is 11.3 Å². The van der Waals surface area contributed by atoms with Crippen LogP contribution in [-0.4, -0.2) is 47.4 Å². The summed E-state index contributed by atoms with van der Waals surface area (Å²) in [6.45, 7) is 4.94. The van der Waals surface area contributed by atoms with Crippen LogP contribution in [0, 0.1) is 6.92 Å². The Balaban J connectivity index is 1.54. The number of rotatable bonds is 4. The van der Waals surface area contributed by atoms with Crippen molar-refractivity contribution in [3.05, 3.63) is 57.8 Å². The van der Waals surface area contributed by atoms with Crippen LogP contribution in [0.25, 0.3) is 0 Å². The number of thiophene rings is 1. The van der Waals surface area contributed by atoms with Gasteiger partial charge < -0.3 is 4.90 Å². The molecule has 2 fully saturated rings. The van der Waals surface area contributed by atoms with Crippen molar-refractivity contribution >= 4 is 17.2 Å². The molecule has 1 saturated carbocycles. The second-order valence-corrected chi connectivity index (χ2v) is 7.97. The number of nitrogens with zero attached hydrogens (tertiary/aromatic N) is 2. The van der Waals surface area contributed by atoms with Crippen LogP contribution >= 0.6 is 11.3 Å². The van der Waals surface area contributed by atoms with Crippen LogP contribution in [0.2, 0.25) is 0 Å². The van der Waals surface area contributed by atoms with Gasteiger partial charge in [-0.1, -0.05) is 30.3 Å². The van der Waals surface area contributed by atoms with Crippen LogP contribution in [0.3, 0.4) is 0 Å². The van der Waals surface area contributed by atoms with E-state index in [0.717, 1.165) is 37.0 Å². The number of carbonyl (C=O) groups excluding carboxylic acids is 1. The SMILES string of the molecule is Cc1csc(C(=O)N2CCN(C3CC3)CC2Cc2ccccc2)c1. The fraction of sp³-hybridized carbons (Fsp3) is 0.450. The first kappa shape index (κ1) is 15.9. The molecule has 1 aliphatic heterocycles. The van der Waals surface area contributed by atoms with Crippen LogP contribution < -0.4 is 0 Å². The molecule has 1 unspecified atom stereocenters. The molecule has 1 saturated heterocycles. The van der Waals surface area contributed by atoms with Gasteiger partial charge in [0.1, 0.15) is 0 Å². The number of amides is 1. The molecule has 0 radical (unpaired) electrons. The highest BCUT2D eigenvalue weighted by atomic mass is 32.1. The summed E-state index contributed by atoms with van der Waals surface area (Å²) < 4.78 is 0. The average molecular weight is 340 g/mol. The fourth-order valence-corrected chi connectivity index (χ4v) is 4.52. The number of aryl methyl sites for hydroxylation is 1. The maximum Gasteiger partial charge on any atom is 0.264 e. The van der Waals surface area contributed by atoms with Gasteiger partial charge in [0.2, 0.25) is 0 Å². The molecule has 3 nitrogen and oxygen atoms in total. The van der Waals surface area contributed by atoms with Crippen molar-refractivity contribution in [3.63, 3.8) is 0 Å². The van der Waals surface area contributed by atoms with Crippen LogP contribution in [0.5, 0.6) is 0 Å². The molecule has 1 aliphatic carbocycles. The first-order valence-corrected chi connectivity index (χ1v) is 9.73.